The summed E-state index contributed by atoms with van der Waals surface area (Å²) in [6.45, 7) is 4.37. The van der Waals surface area contributed by atoms with E-state index >= 15 is 0 Å². The van der Waals surface area contributed by atoms with Crippen LogP contribution in [-0.2, 0) is 5.60 Å². The summed E-state index contributed by atoms with van der Waals surface area (Å²) in [6.07, 6.45) is 1.96. The Bertz CT molecular complexity index is 665. The first kappa shape index (κ1) is 13.6. The molecule has 1 aromatic carbocycles. The third-order valence-corrected chi connectivity index (χ3v) is 3.86. The second-order valence-corrected chi connectivity index (χ2v) is 5.74. The highest BCUT2D eigenvalue weighted by Gasteiger charge is 2.47. The van der Waals surface area contributed by atoms with Crippen LogP contribution in [0, 0.1) is 11.3 Å². The van der Waals surface area contributed by atoms with Gasteiger partial charge in [0, 0.05) is 6.07 Å². The molecule has 0 N–H and O–H groups in total. The maximum atomic E-state index is 8.73. The van der Waals surface area contributed by atoms with E-state index in [0.29, 0.717) is 17.5 Å². The van der Waals surface area contributed by atoms with Gasteiger partial charge in [0.2, 0.25) is 5.88 Å². The first-order valence-electron chi connectivity index (χ1n) is 7.16. The van der Waals surface area contributed by atoms with Gasteiger partial charge in [0.05, 0.1) is 0 Å². The number of nitrogens with zero attached hydrogens (tertiary/aromatic N) is 3. The van der Waals surface area contributed by atoms with E-state index in [-0.39, 0.29) is 5.60 Å². The fourth-order valence-corrected chi connectivity index (χ4v) is 2.37. The highest BCUT2D eigenvalue weighted by molar-refractivity contribution is 5.34. The van der Waals surface area contributed by atoms with Crippen molar-refractivity contribution in [2.45, 2.75) is 38.2 Å². The van der Waals surface area contributed by atoms with Gasteiger partial charge in [-0.15, -0.1) is 10.2 Å². The van der Waals surface area contributed by atoms with Gasteiger partial charge in [0.1, 0.15) is 11.7 Å². The van der Waals surface area contributed by atoms with Gasteiger partial charge in [-0.05, 0) is 36.0 Å². The highest BCUT2D eigenvalue weighted by atomic mass is 16.5. The van der Waals surface area contributed by atoms with E-state index in [0.717, 1.165) is 12.8 Å². The summed E-state index contributed by atoms with van der Waals surface area (Å²) in [6, 6.07) is 13.9. The van der Waals surface area contributed by atoms with Crippen molar-refractivity contribution < 1.29 is 4.74 Å². The van der Waals surface area contributed by atoms with Crippen molar-refractivity contribution in [3.8, 4) is 11.9 Å². The minimum Gasteiger partial charge on any atom is -0.465 e. The monoisotopic (exact) mass is 279 g/mol. The molecule has 2 aromatic rings. The van der Waals surface area contributed by atoms with Gasteiger partial charge in [-0.3, -0.25) is 0 Å². The van der Waals surface area contributed by atoms with Gasteiger partial charge in [-0.25, -0.2) is 0 Å². The molecule has 106 valence electrons. The molecule has 0 unspecified atom stereocenters. The number of aromatic nitrogens is 2. The Hall–Kier alpha value is -2.41. The van der Waals surface area contributed by atoms with Crippen LogP contribution in [0.5, 0.6) is 5.88 Å². The molecule has 4 nitrogen and oxygen atoms in total. The van der Waals surface area contributed by atoms with Gasteiger partial charge < -0.3 is 4.74 Å². The van der Waals surface area contributed by atoms with Crippen LogP contribution in [0.2, 0.25) is 0 Å². The lowest BCUT2D eigenvalue weighted by molar-refractivity contribution is 0.170. The first-order valence-corrected chi connectivity index (χ1v) is 7.16. The third kappa shape index (κ3) is 2.73. The number of ether oxygens (including phenoxy) is 1. The summed E-state index contributed by atoms with van der Waals surface area (Å²) >= 11 is 0. The van der Waals surface area contributed by atoms with Crippen LogP contribution in [-0.4, -0.2) is 10.2 Å². The first-order chi connectivity index (χ1) is 10.1. The molecule has 0 bridgehead atoms. The maximum absolute atomic E-state index is 8.73. The largest absolute Gasteiger partial charge is 0.465 e. The average Bonchev–Trinajstić information content (AvgIpc) is 3.29. The summed E-state index contributed by atoms with van der Waals surface area (Å²) in [7, 11) is 0. The Balaban J connectivity index is 1.79. The molecular weight excluding hydrogens is 262 g/mol. The van der Waals surface area contributed by atoms with E-state index in [4.69, 9.17) is 10.00 Å². The van der Waals surface area contributed by atoms with E-state index < -0.39 is 0 Å². The van der Waals surface area contributed by atoms with Crippen LogP contribution in [0.25, 0.3) is 0 Å². The number of hydrogen-bond acceptors (Lipinski definition) is 4. The quantitative estimate of drug-likeness (QED) is 0.859. The van der Waals surface area contributed by atoms with Crippen LogP contribution in [0.1, 0.15) is 49.4 Å². The van der Waals surface area contributed by atoms with Gasteiger partial charge in [-0.1, -0.05) is 38.1 Å². The molecule has 1 aromatic heterocycles. The Labute approximate surface area is 124 Å². The number of nitriles is 1. The molecule has 1 fully saturated rings. The van der Waals surface area contributed by atoms with Gasteiger partial charge in [0.15, 0.2) is 5.69 Å². The summed E-state index contributed by atoms with van der Waals surface area (Å²) in [4.78, 5) is 0. The molecule has 1 saturated carbocycles. The van der Waals surface area contributed by atoms with E-state index in [1.165, 1.54) is 11.1 Å². The van der Waals surface area contributed by atoms with Crippen LogP contribution in [0.15, 0.2) is 36.4 Å². The second-order valence-electron chi connectivity index (χ2n) is 5.74. The van der Waals surface area contributed by atoms with Crippen molar-refractivity contribution in [1.29, 1.82) is 5.26 Å². The van der Waals surface area contributed by atoms with Crippen LogP contribution in [0.3, 0.4) is 0 Å². The molecule has 3 rings (SSSR count). The summed E-state index contributed by atoms with van der Waals surface area (Å²) in [5.74, 6) is 0.999. The second kappa shape index (κ2) is 5.17. The van der Waals surface area contributed by atoms with Gasteiger partial charge in [0.25, 0.3) is 0 Å². The molecule has 1 heterocycles. The van der Waals surface area contributed by atoms with E-state index in [9.17, 15) is 0 Å². The molecule has 21 heavy (non-hydrogen) atoms. The Morgan fingerprint density at radius 1 is 1.10 bits per heavy atom. The Kier molecular flexibility index (Phi) is 3.34. The lowest BCUT2D eigenvalue weighted by Gasteiger charge is -2.18. The van der Waals surface area contributed by atoms with Crippen LogP contribution in [0.4, 0.5) is 0 Å². The minimum absolute atomic E-state index is 0.266. The van der Waals surface area contributed by atoms with Crippen LogP contribution >= 0.6 is 0 Å². The standard InChI is InChI=1S/C17H17N3O/c1-12(2)13-3-5-14(6-4-13)17(9-10-17)21-16-8-7-15(11-18)19-20-16/h3-8,12H,9-10H2,1-2H3. The minimum atomic E-state index is -0.266. The molecular formula is C17H17N3O. The normalized spacial score (nSPS) is 15.5. The van der Waals surface area contributed by atoms with Gasteiger partial charge in [-0.2, -0.15) is 5.26 Å². The lowest BCUT2D eigenvalue weighted by atomic mass is 9.99. The number of benzene rings is 1. The average molecular weight is 279 g/mol. The topological polar surface area (TPSA) is 58.8 Å². The van der Waals surface area contributed by atoms with Crippen molar-refractivity contribution in [3.63, 3.8) is 0 Å². The van der Waals surface area contributed by atoms with Crippen molar-refractivity contribution in [3.05, 3.63) is 53.2 Å². The van der Waals surface area contributed by atoms with Crippen molar-refractivity contribution in [2.75, 3.05) is 0 Å². The predicted molar refractivity (Wildman–Crippen MR) is 78.8 cm³/mol. The molecule has 1 aliphatic rings. The zero-order valence-corrected chi connectivity index (χ0v) is 12.2. The van der Waals surface area contributed by atoms with Crippen molar-refractivity contribution in [1.82, 2.24) is 10.2 Å². The van der Waals surface area contributed by atoms with Crippen molar-refractivity contribution in [2.24, 2.45) is 0 Å². The van der Waals surface area contributed by atoms with Crippen molar-refractivity contribution >= 4 is 0 Å². The summed E-state index contributed by atoms with van der Waals surface area (Å²) in [5, 5.41) is 16.5. The van der Waals surface area contributed by atoms with Crippen LogP contribution < -0.4 is 4.74 Å². The van der Waals surface area contributed by atoms with E-state index in [1.807, 2.05) is 6.07 Å². The highest BCUT2D eigenvalue weighted by Crippen LogP contribution is 2.49. The Morgan fingerprint density at radius 2 is 1.81 bits per heavy atom. The predicted octanol–water partition coefficient (Wildman–Crippen LogP) is 3.54. The Morgan fingerprint density at radius 3 is 2.29 bits per heavy atom. The fraction of sp³-hybridized carbons (Fsp3) is 0.353. The fourth-order valence-electron chi connectivity index (χ4n) is 2.37. The van der Waals surface area contributed by atoms with E-state index in [1.54, 1.807) is 12.1 Å². The zero-order valence-electron chi connectivity index (χ0n) is 12.2. The molecule has 1 aliphatic carbocycles. The molecule has 0 radical (unpaired) electrons. The third-order valence-electron chi connectivity index (χ3n) is 3.86. The molecule has 0 aliphatic heterocycles. The molecule has 0 atom stereocenters. The summed E-state index contributed by atoms with van der Waals surface area (Å²) < 4.78 is 6.02. The lowest BCUT2D eigenvalue weighted by Crippen LogP contribution is -2.16. The maximum Gasteiger partial charge on any atom is 0.234 e. The SMILES string of the molecule is CC(C)c1ccc(C2(Oc3ccc(C#N)nn3)CC2)cc1. The van der Waals surface area contributed by atoms with Gasteiger partial charge >= 0.3 is 0 Å². The molecule has 4 heteroatoms. The molecule has 0 spiro atoms. The number of rotatable bonds is 4. The number of hydrogen-bond donors (Lipinski definition) is 0. The summed E-state index contributed by atoms with van der Waals surface area (Å²) in [5.41, 5.74) is 2.54. The smallest absolute Gasteiger partial charge is 0.234 e. The zero-order chi connectivity index (χ0) is 14.9. The molecule has 0 amide bonds. The van der Waals surface area contributed by atoms with E-state index in [2.05, 4.69) is 48.3 Å². The molecule has 0 saturated heterocycles.